The standard InChI is InChI=1S/C24H25F2N3O4/c1-15-23(33-14-28-15)13-32-22-9-16-5-7-29(11-18(16)8-20(22)25)12-19(30)2-3-21(31)17-4-6-27-24(26)10-17/h4,6,8-10,14,19,30H,2-3,5,7,11-13H2,1H3/t19-/m0/s1. The molecule has 0 radical (unpaired) electrons. The summed E-state index contributed by atoms with van der Waals surface area (Å²) in [5.41, 5.74) is 2.80. The Bertz CT molecular complexity index is 1130. The molecule has 0 fully saturated rings. The molecule has 0 spiro atoms. The Balaban J connectivity index is 1.29. The molecule has 3 aromatic rings. The van der Waals surface area contributed by atoms with Crippen LogP contribution < -0.4 is 4.74 Å². The molecule has 1 aliphatic heterocycles. The van der Waals surface area contributed by atoms with E-state index < -0.39 is 17.9 Å². The number of hydrogen-bond donors (Lipinski definition) is 1. The molecular weight excluding hydrogens is 432 g/mol. The van der Waals surface area contributed by atoms with Gasteiger partial charge in [0.25, 0.3) is 0 Å². The first kappa shape index (κ1) is 23.0. The number of carbonyl (C=O) groups excluding carboxylic acids is 1. The summed E-state index contributed by atoms with van der Waals surface area (Å²) in [4.78, 5) is 21.6. The summed E-state index contributed by atoms with van der Waals surface area (Å²) in [5.74, 6) is -0.677. The number of aromatic nitrogens is 2. The molecule has 174 valence electrons. The Morgan fingerprint density at radius 3 is 2.88 bits per heavy atom. The van der Waals surface area contributed by atoms with Gasteiger partial charge in [-0.15, -0.1) is 0 Å². The summed E-state index contributed by atoms with van der Waals surface area (Å²) < 4.78 is 38.6. The van der Waals surface area contributed by atoms with Gasteiger partial charge < -0.3 is 14.3 Å². The molecule has 7 nitrogen and oxygen atoms in total. The van der Waals surface area contributed by atoms with Crippen molar-refractivity contribution in [3.63, 3.8) is 0 Å². The number of benzene rings is 1. The lowest BCUT2D eigenvalue weighted by atomic mass is 9.98. The topological polar surface area (TPSA) is 88.7 Å². The molecule has 1 aliphatic rings. The maximum absolute atomic E-state index is 14.6. The van der Waals surface area contributed by atoms with Crippen molar-refractivity contribution < 1.29 is 27.8 Å². The number of nitrogens with zero attached hydrogens (tertiary/aromatic N) is 3. The Hall–Kier alpha value is -3.17. The van der Waals surface area contributed by atoms with Crippen molar-refractivity contribution in [3.05, 3.63) is 76.8 Å². The highest BCUT2D eigenvalue weighted by Gasteiger charge is 2.22. The van der Waals surface area contributed by atoms with Crippen molar-refractivity contribution in [2.75, 3.05) is 13.1 Å². The maximum atomic E-state index is 14.6. The van der Waals surface area contributed by atoms with Crippen molar-refractivity contribution in [1.82, 2.24) is 14.9 Å². The second kappa shape index (κ2) is 10.2. The molecule has 0 saturated heterocycles. The number of fused-ring (bicyclic) bond motifs is 1. The Labute approximate surface area is 190 Å². The lowest BCUT2D eigenvalue weighted by molar-refractivity contribution is 0.0836. The van der Waals surface area contributed by atoms with Gasteiger partial charge in [-0.25, -0.2) is 14.4 Å². The van der Waals surface area contributed by atoms with Crippen molar-refractivity contribution >= 4 is 5.78 Å². The van der Waals surface area contributed by atoms with Crippen molar-refractivity contribution in [1.29, 1.82) is 0 Å². The minimum atomic E-state index is -0.722. The van der Waals surface area contributed by atoms with Crippen molar-refractivity contribution in [2.24, 2.45) is 0 Å². The highest BCUT2D eigenvalue weighted by atomic mass is 19.1. The predicted molar refractivity (Wildman–Crippen MR) is 115 cm³/mol. The summed E-state index contributed by atoms with van der Waals surface area (Å²) in [6.45, 7) is 3.45. The first-order valence-electron chi connectivity index (χ1n) is 10.8. The molecule has 1 N–H and O–H groups in total. The minimum Gasteiger partial charge on any atom is -0.482 e. The molecule has 0 saturated carbocycles. The number of Topliss-reactive ketones (excluding diaryl/α,β-unsaturated/α-hetero) is 1. The van der Waals surface area contributed by atoms with E-state index >= 15 is 0 Å². The number of aliphatic hydroxyl groups is 1. The van der Waals surface area contributed by atoms with E-state index in [9.17, 15) is 18.7 Å². The van der Waals surface area contributed by atoms with Gasteiger partial charge in [0.15, 0.2) is 29.5 Å². The largest absolute Gasteiger partial charge is 0.482 e. The van der Waals surface area contributed by atoms with E-state index in [-0.39, 0.29) is 36.5 Å². The van der Waals surface area contributed by atoms with Gasteiger partial charge in [0.05, 0.1) is 11.8 Å². The normalized spacial score (nSPS) is 14.7. The number of hydrogen-bond acceptors (Lipinski definition) is 7. The summed E-state index contributed by atoms with van der Waals surface area (Å²) in [5, 5.41) is 10.4. The number of halogens is 2. The Morgan fingerprint density at radius 1 is 1.27 bits per heavy atom. The number of aryl methyl sites for hydroxylation is 1. The summed E-state index contributed by atoms with van der Waals surface area (Å²) in [6, 6.07) is 5.74. The van der Waals surface area contributed by atoms with E-state index in [1.54, 1.807) is 13.0 Å². The number of oxazole rings is 1. The van der Waals surface area contributed by atoms with Crippen LogP contribution in [0.1, 0.15) is 45.8 Å². The molecule has 4 rings (SSSR count). The summed E-state index contributed by atoms with van der Waals surface area (Å²) in [6.07, 6.45) is 2.91. The highest BCUT2D eigenvalue weighted by Crippen LogP contribution is 2.28. The van der Waals surface area contributed by atoms with Crippen LogP contribution in [0.25, 0.3) is 0 Å². The van der Waals surface area contributed by atoms with E-state index in [2.05, 4.69) is 9.97 Å². The van der Waals surface area contributed by atoms with Crippen LogP contribution in [0.5, 0.6) is 5.75 Å². The second-order valence-corrected chi connectivity index (χ2v) is 8.17. The molecule has 0 aliphatic carbocycles. The van der Waals surface area contributed by atoms with Crippen LogP contribution in [-0.2, 0) is 19.6 Å². The van der Waals surface area contributed by atoms with Crippen LogP contribution in [0.2, 0.25) is 0 Å². The molecule has 33 heavy (non-hydrogen) atoms. The molecular formula is C24H25F2N3O4. The van der Waals surface area contributed by atoms with Gasteiger partial charge >= 0.3 is 0 Å². The minimum absolute atomic E-state index is 0.102. The third kappa shape index (κ3) is 5.80. The molecule has 1 atom stereocenters. The number of rotatable bonds is 9. The number of pyridine rings is 1. The van der Waals surface area contributed by atoms with Crippen LogP contribution in [0.3, 0.4) is 0 Å². The first-order chi connectivity index (χ1) is 15.9. The zero-order chi connectivity index (χ0) is 23.4. The molecule has 1 aromatic carbocycles. The number of ether oxygens (including phenoxy) is 1. The van der Waals surface area contributed by atoms with Gasteiger partial charge in [-0.3, -0.25) is 9.69 Å². The monoisotopic (exact) mass is 457 g/mol. The number of ketones is 1. The maximum Gasteiger partial charge on any atom is 0.213 e. The Morgan fingerprint density at radius 2 is 2.12 bits per heavy atom. The van der Waals surface area contributed by atoms with Crippen LogP contribution in [0.15, 0.2) is 41.3 Å². The highest BCUT2D eigenvalue weighted by molar-refractivity contribution is 5.95. The molecule has 0 unspecified atom stereocenters. The fraction of sp³-hybridized carbons (Fsp3) is 0.375. The summed E-state index contributed by atoms with van der Waals surface area (Å²) in [7, 11) is 0. The molecule has 0 amide bonds. The van der Waals surface area contributed by atoms with Gasteiger partial charge in [0, 0.05) is 43.9 Å². The lowest BCUT2D eigenvalue weighted by Crippen LogP contribution is -2.37. The molecule has 2 aromatic heterocycles. The van der Waals surface area contributed by atoms with E-state index in [0.717, 1.165) is 17.2 Å². The SMILES string of the molecule is Cc1ncoc1COc1cc2c(cc1F)CN(C[C@@H](O)CCC(=O)c1ccnc(F)c1)CC2. The average Bonchev–Trinajstić information content (AvgIpc) is 3.20. The first-order valence-corrected chi connectivity index (χ1v) is 10.8. The van der Waals surface area contributed by atoms with Gasteiger partial charge in [-0.1, -0.05) is 0 Å². The van der Waals surface area contributed by atoms with Gasteiger partial charge in [-0.2, -0.15) is 4.39 Å². The smallest absolute Gasteiger partial charge is 0.213 e. The van der Waals surface area contributed by atoms with E-state index in [1.165, 1.54) is 24.7 Å². The lowest BCUT2D eigenvalue weighted by Gasteiger charge is -2.30. The number of aliphatic hydroxyl groups excluding tert-OH is 1. The van der Waals surface area contributed by atoms with Crippen LogP contribution in [0.4, 0.5) is 8.78 Å². The summed E-state index contributed by atoms with van der Waals surface area (Å²) >= 11 is 0. The predicted octanol–water partition coefficient (Wildman–Crippen LogP) is 3.62. The fourth-order valence-electron chi connectivity index (χ4n) is 3.90. The molecule has 9 heteroatoms. The molecule has 3 heterocycles. The van der Waals surface area contributed by atoms with E-state index in [4.69, 9.17) is 9.15 Å². The third-order valence-corrected chi connectivity index (χ3v) is 5.77. The zero-order valence-corrected chi connectivity index (χ0v) is 18.3. The zero-order valence-electron chi connectivity index (χ0n) is 18.3. The van der Waals surface area contributed by atoms with Gasteiger partial charge in [0.2, 0.25) is 5.95 Å². The van der Waals surface area contributed by atoms with Crippen LogP contribution in [0, 0.1) is 18.7 Å². The van der Waals surface area contributed by atoms with Crippen LogP contribution >= 0.6 is 0 Å². The van der Waals surface area contributed by atoms with E-state index in [1.807, 2.05) is 4.90 Å². The number of carbonyl (C=O) groups is 1. The average molecular weight is 457 g/mol. The van der Waals surface area contributed by atoms with Gasteiger partial charge in [0.1, 0.15) is 6.61 Å². The van der Waals surface area contributed by atoms with Crippen molar-refractivity contribution in [2.45, 2.75) is 45.4 Å². The fourth-order valence-corrected chi connectivity index (χ4v) is 3.90. The van der Waals surface area contributed by atoms with Gasteiger partial charge in [-0.05, 0) is 49.1 Å². The second-order valence-electron chi connectivity index (χ2n) is 8.17. The Kier molecular flexibility index (Phi) is 7.10. The van der Waals surface area contributed by atoms with Crippen molar-refractivity contribution in [3.8, 4) is 5.75 Å². The van der Waals surface area contributed by atoms with Crippen LogP contribution in [-0.4, -0.2) is 45.0 Å². The molecule has 0 bridgehead atoms. The quantitative estimate of drug-likeness (QED) is 0.388. The van der Waals surface area contributed by atoms with E-state index in [0.29, 0.717) is 37.5 Å². The third-order valence-electron chi connectivity index (χ3n) is 5.77. The number of β-amino-alcohol motifs (C(OH)–C–C–N with tert-alkyl or cyclic N) is 1.